The van der Waals surface area contributed by atoms with Crippen LogP contribution in [0.5, 0.6) is 5.75 Å². The number of piperidine rings is 2. The Morgan fingerprint density at radius 2 is 1.43 bits per heavy atom. The Kier molecular flexibility index (Phi) is 29.0. The summed E-state index contributed by atoms with van der Waals surface area (Å²) in [6, 6.07) is 13.0. The molecule has 13 N–H and O–H groups in total. The fourth-order valence-corrected chi connectivity index (χ4v) is 21.5. The van der Waals surface area contributed by atoms with Gasteiger partial charge >= 0.3 is 47.8 Å². The second kappa shape index (κ2) is 37.8. The maximum atomic E-state index is 15.7. The minimum Gasteiger partial charge on any atom is -0.496 e. The monoisotopic (exact) mass is 1640 g/mol. The Bertz CT molecular complexity index is 4230. The number of ketones is 2. The number of esters is 2. The molecule has 3 saturated heterocycles. The zero-order valence-corrected chi connectivity index (χ0v) is 67.0. The number of carbonyl (C=O) groups excluding carboxylic acids is 8. The molecule has 5 heterocycles. The number of hydrogen-bond acceptors (Lipinski definition) is 24. The number of ether oxygens (including phenoxy) is 3. The van der Waals surface area contributed by atoms with Crippen molar-refractivity contribution in [2.45, 2.75) is 194 Å². The molecule has 15 atom stereocenters. The number of methoxy groups -OCH3 is 2. The minimum atomic E-state index is -2.58. The molecule has 4 fully saturated rings. The smallest absolute Gasteiger partial charge is 0.327 e. The number of aliphatic carboxylic acids is 5. The van der Waals surface area contributed by atoms with Crippen molar-refractivity contribution >= 4 is 110 Å². The maximum Gasteiger partial charge on any atom is 0.327 e. The summed E-state index contributed by atoms with van der Waals surface area (Å²) < 4.78 is 18.0. The summed E-state index contributed by atoms with van der Waals surface area (Å²) in [6.07, 6.45) is -2.23. The molecule has 3 aromatic carbocycles. The van der Waals surface area contributed by atoms with E-state index in [-0.39, 0.29) is 56.3 Å². The SMILES string of the molecule is CC[C@]1(O)C[C@H]2CN(CCC3=C(Cc4ccccc43)[C@@](C(=O)OC)(c3cc4c(cc3OC)N(C)[C@H]3[C@@](O)(C(=O)NCC(=O)OCCSSC[C@H](NC(=O)[C@@H](CC(=O)[C@H](CC(=O)O)NC(=O)CC[C@H](CC(=O)CC[C@H](NC(=O)NCCCC(=O)O)C(=O)O)C(=O)O)Cc5ccccc5)C(=O)O)[C@H](O)[C@]5(CC)CCCN6CC[C@]43[C@@H]65)C2)C1. The first-order valence-electron chi connectivity index (χ1n) is 39.2. The second-order valence-corrected chi connectivity index (χ2v) is 34.2. The van der Waals surface area contributed by atoms with Gasteiger partial charge in [-0.2, -0.15) is 0 Å². The van der Waals surface area contributed by atoms with Gasteiger partial charge in [0.2, 0.25) is 11.8 Å². The summed E-state index contributed by atoms with van der Waals surface area (Å²) in [5, 5.41) is 99.4. The lowest BCUT2D eigenvalue weighted by Crippen LogP contribution is -2.82. The van der Waals surface area contributed by atoms with E-state index in [1.807, 2.05) is 36.9 Å². The van der Waals surface area contributed by atoms with E-state index >= 15 is 9.59 Å². The first-order chi connectivity index (χ1) is 54.7. The molecule has 626 valence electrons. The van der Waals surface area contributed by atoms with Crippen molar-refractivity contribution < 1.29 is 117 Å². The number of carboxylic acid groups (broad SMARTS) is 5. The molecule has 0 aromatic heterocycles. The van der Waals surface area contributed by atoms with E-state index in [2.05, 4.69) is 54.6 Å². The van der Waals surface area contributed by atoms with Crippen LogP contribution in [0.25, 0.3) is 5.57 Å². The van der Waals surface area contributed by atoms with E-state index in [1.165, 1.54) is 7.11 Å². The molecule has 1 unspecified atom stereocenters. The first-order valence-corrected chi connectivity index (χ1v) is 41.7. The van der Waals surface area contributed by atoms with E-state index in [1.54, 1.807) is 44.5 Å². The van der Waals surface area contributed by atoms with Crippen LogP contribution in [-0.2, 0) is 90.7 Å². The van der Waals surface area contributed by atoms with Crippen LogP contribution in [0.2, 0.25) is 0 Å². The molecule has 2 bridgehead atoms. The molecule has 3 aromatic rings. The lowest BCUT2D eigenvalue weighted by molar-refractivity contribution is -0.221. The highest BCUT2D eigenvalue weighted by Crippen LogP contribution is 2.69. The van der Waals surface area contributed by atoms with Crippen molar-refractivity contribution in [2.24, 2.45) is 23.2 Å². The van der Waals surface area contributed by atoms with Gasteiger partial charge in [-0.3, -0.25) is 57.7 Å². The van der Waals surface area contributed by atoms with Crippen LogP contribution in [-0.4, -0.2) is 260 Å². The summed E-state index contributed by atoms with van der Waals surface area (Å²) in [4.78, 5) is 178. The number of aliphatic hydroxyl groups excluding tert-OH is 1. The normalized spacial score (nSPS) is 26.3. The number of amides is 5. The van der Waals surface area contributed by atoms with Crippen molar-refractivity contribution in [1.29, 1.82) is 0 Å². The van der Waals surface area contributed by atoms with Gasteiger partial charge in [-0.05, 0) is 142 Å². The molecule has 34 heteroatoms. The fourth-order valence-electron chi connectivity index (χ4n) is 19.5. The average Bonchev–Trinajstić information content (AvgIpc) is 1.49. The van der Waals surface area contributed by atoms with Crippen LogP contribution in [0.15, 0.2) is 72.3 Å². The topological polar surface area (TPSA) is 481 Å². The lowest BCUT2D eigenvalue weighted by atomic mass is 9.46. The van der Waals surface area contributed by atoms with E-state index < -0.39 is 204 Å². The third-order valence-corrected chi connectivity index (χ3v) is 27.1. The molecule has 1 saturated carbocycles. The first kappa shape index (κ1) is 88.2. The van der Waals surface area contributed by atoms with Gasteiger partial charge in [-0.1, -0.05) is 90.0 Å². The number of fused-ring (bicyclic) bond motifs is 5. The van der Waals surface area contributed by atoms with E-state index in [0.29, 0.717) is 107 Å². The molecule has 5 aliphatic heterocycles. The van der Waals surface area contributed by atoms with Gasteiger partial charge in [0.15, 0.2) is 11.4 Å². The molecule has 7 aliphatic rings. The molecule has 115 heavy (non-hydrogen) atoms. The predicted molar refractivity (Wildman–Crippen MR) is 419 cm³/mol. The van der Waals surface area contributed by atoms with Crippen LogP contribution in [0.3, 0.4) is 0 Å². The number of aliphatic hydroxyl groups is 3. The summed E-state index contributed by atoms with van der Waals surface area (Å²) in [5.74, 6) is -15.9. The number of hydrogen-bond donors (Lipinski definition) is 13. The van der Waals surface area contributed by atoms with Crippen molar-refractivity contribution in [2.75, 3.05) is 90.1 Å². The lowest BCUT2D eigenvalue weighted by Gasteiger charge is -2.64. The fraction of sp³-hybridized carbons (Fsp3) is 0.593. The number of nitrogens with one attached hydrogen (secondary N) is 5. The van der Waals surface area contributed by atoms with Crippen LogP contribution in [0.1, 0.15) is 151 Å². The van der Waals surface area contributed by atoms with Gasteiger partial charge < -0.3 is 86.5 Å². The quantitative estimate of drug-likeness (QED) is 0.0217. The van der Waals surface area contributed by atoms with Gasteiger partial charge in [-0.15, -0.1) is 0 Å². The van der Waals surface area contributed by atoms with Crippen LogP contribution < -0.4 is 36.2 Å². The van der Waals surface area contributed by atoms with Gasteiger partial charge in [0.05, 0.1) is 44.2 Å². The van der Waals surface area contributed by atoms with Gasteiger partial charge in [0, 0.05) is 117 Å². The van der Waals surface area contributed by atoms with Crippen LogP contribution >= 0.6 is 21.6 Å². The van der Waals surface area contributed by atoms with E-state index in [9.17, 15) is 88.5 Å². The number of rotatable bonds is 40. The largest absolute Gasteiger partial charge is 0.496 e. The highest BCUT2D eigenvalue weighted by molar-refractivity contribution is 8.76. The number of nitrogens with zero attached hydrogens (tertiary/aromatic N) is 3. The van der Waals surface area contributed by atoms with E-state index in [4.69, 9.17) is 19.3 Å². The molecule has 5 amide bonds. The Morgan fingerprint density at radius 1 is 0.704 bits per heavy atom. The number of likely N-dealkylation sites (N-methyl/N-ethyl adjacent to an activating group) is 1. The third-order valence-electron chi connectivity index (χ3n) is 24.7. The van der Waals surface area contributed by atoms with E-state index in [0.717, 1.165) is 49.4 Å². The van der Waals surface area contributed by atoms with Crippen molar-refractivity contribution in [3.63, 3.8) is 0 Å². The molecular formula is C81H106N8O24S2. The second-order valence-electron chi connectivity index (χ2n) is 31.6. The number of benzene rings is 3. The molecule has 32 nitrogen and oxygen atoms in total. The van der Waals surface area contributed by atoms with Gasteiger partial charge in [0.25, 0.3) is 5.91 Å². The predicted octanol–water partition coefficient (Wildman–Crippen LogP) is 4.02. The highest BCUT2D eigenvalue weighted by atomic mass is 33.1. The zero-order chi connectivity index (χ0) is 83.5. The number of urea groups is 1. The molecule has 10 rings (SSSR count). The van der Waals surface area contributed by atoms with Crippen LogP contribution in [0.4, 0.5) is 10.5 Å². The Morgan fingerprint density at radius 3 is 2.11 bits per heavy atom. The summed E-state index contributed by atoms with van der Waals surface area (Å²) in [6.45, 7) is 5.94. The summed E-state index contributed by atoms with van der Waals surface area (Å²) in [5.41, 5.74) is -0.593. The van der Waals surface area contributed by atoms with Crippen LogP contribution in [0, 0.1) is 23.2 Å². The number of anilines is 1. The summed E-state index contributed by atoms with van der Waals surface area (Å²) >= 11 is 0. The molecular weight excluding hydrogens is 1530 g/mol. The standard InChI is InChI=1S/C81H106N8O24S2/c1-6-77(109)40-47-41-80(75(107)112-5,54-35-48-17-11-12-18-52(48)53(54)24-29-88(43-47)45-77)56-37-55-60(39-62(56)111-4)87(3)72-79(55)26-30-89-28-14-25-78(7-2,71(79)89)73(105)81(72,110)74(106)83-42-66(97)113-31-32-114-115-44-59(70(103)104)85-67(98)50(33-46-15-9-8-10-16-46)36-61(91)58(38-65(95)96)84-63(92)23-20-49(68(99)100)34-51(90)21-22-57(69(101)102)86-76(108)82-27-13-19-64(93)94/h8-12,15-18,37,39,47,49-50,57-59,71-73,105,109-110H,6-7,13-14,19-36,38,40-45H2,1-5H3,(H,83,106)(H,84,92)(H,85,98)(H,93,94)(H,95,96)(H,99,100)(H,101,102)(H,103,104)(H2,82,86,108)/t47-,49-,50-,57+,58+,59+,71+,72-,73-,77+,78-,79-,80-,81+/m1/s1. The van der Waals surface area contributed by atoms with Gasteiger partial charge in [-0.25, -0.2) is 14.4 Å². The van der Waals surface area contributed by atoms with Crippen molar-refractivity contribution in [3.8, 4) is 5.75 Å². The van der Waals surface area contributed by atoms with Crippen molar-refractivity contribution in [1.82, 2.24) is 36.4 Å². The Labute approximate surface area is 673 Å². The molecule has 1 spiro atoms. The number of Topliss-reactive ketones (excluding diaryl/α,β-unsaturated/α-hetero) is 2. The Balaban J connectivity index is 0.774. The number of carboxylic acids is 5. The molecule has 2 aliphatic carbocycles. The number of carbonyl (C=O) groups is 13. The zero-order valence-electron chi connectivity index (χ0n) is 65.3. The minimum absolute atomic E-state index is 0.0560. The van der Waals surface area contributed by atoms with Gasteiger partial charge in [0.1, 0.15) is 48.3 Å². The van der Waals surface area contributed by atoms with Crippen molar-refractivity contribution in [3.05, 3.63) is 100 Å². The third kappa shape index (κ3) is 18.9. The summed E-state index contributed by atoms with van der Waals surface area (Å²) in [7, 11) is 6.80. The average molecular weight is 1640 g/mol. The highest BCUT2D eigenvalue weighted by Gasteiger charge is 2.79. The maximum absolute atomic E-state index is 15.7. The molecule has 0 radical (unpaired) electrons. The Hall–Kier alpha value is -9.19.